The third-order valence-corrected chi connectivity index (χ3v) is 4.89. The molecule has 23 heavy (non-hydrogen) atoms. The highest BCUT2D eigenvalue weighted by atomic mass is 16.6. The summed E-state index contributed by atoms with van der Waals surface area (Å²) in [6.45, 7) is 2.22. The first-order valence-electron chi connectivity index (χ1n) is 8.55. The summed E-state index contributed by atoms with van der Waals surface area (Å²) in [5.74, 6) is 0.287. The van der Waals surface area contributed by atoms with Gasteiger partial charge in [-0.3, -0.25) is 10.1 Å². The minimum Gasteiger partial charge on any atom is -0.264 e. The molecule has 0 radical (unpaired) electrons. The van der Waals surface area contributed by atoms with Crippen molar-refractivity contribution in [3.8, 4) is 0 Å². The fourth-order valence-electron chi connectivity index (χ4n) is 3.80. The molecule has 1 aliphatic carbocycles. The van der Waals surface area contributed by atoms with Crippen LogP contribution in [0.1, 0.15) is 73.2 Å². The van der Waals surface area contributed by atoms with Crippen molar-refractivity contribution in [1.29, 1.82) is 0 Å². The van der Waals surface area contributed by atoms with Crippen molar-refractivity contribution in [3.63, 3.8) is 0 Å². The molecule has 2 aromatic rings. The van der Waals surface area contributed by atoms with Gasteiger partial charge in [-0.15, -0.1) is 0 Å². The van der Waals surface area contributed by atoms with E-state index in [1.165, 1.54) is 25.7 Å². The van der Waals surface area contributed by atoms with Crippen LogP contribution in [0.15, 0.2) is 48.5 Å². The Morgan fingerprint density at radius 2 is 1.39 bits per heavy atom. The number of benzene rings is 2. The summed E-state index contributed by atoms with van der Waals surface area (Å²) in [5, 5.41) is 11.7. The molecule has 3 rings (SSSR count). The Morgan fingerprint density at radius 1 is 0.870 bits per heavy atom. The van der Waals surface area contributed by atoms with Gasteiger partial charge in [0.2, 0.25) is 0 Å². The average molecular weight is 309 g/mol. The summed E-state index contributed by atoms with van der Waals surface area (Å²) in [5.41, 5.74) is 4.03. The Hall–Kier alpha value is -2.16. The highest BCUT2D eigenvalue weighted by Crippen LogP contribution is 2.45. The number of fused-ring (bicyclic) bond motifs is 2. The molecule has 0 saturated heterocycles. The van der Waals surface area contributed by atoms with E-state index in [2.05, 4.69) is 19.1 Å². The number of nitro groups is 1. The SMILES string of the molecule is CCCCCCC1c2ccccc2C([N+](=O)[O-])c2ccccc21. The van der Waals surface area contributed by atoms with Crippen LogP contribution in [0.25, 0.3) is 0 Å². The minimum atomic E-state index is -0.728. The maximum atomic E-state index is 11.7. The van der Waals surface area contributed by atoms with Crippen LogP contribution in [0.4, 0.5) is 0 Å². The van der Waals surface area contributed by atoms with Crippen molar-refractivity contribution in [3.05, 3.63) is 80.9 Å². The molecule has 0 aliphatic heterocycles. The van der Waals surface area contributed by atoms with Gasteiger partial charge in [0.05, 0.1) is 0 Å². The van der Waals surface area contributed by atoms with Gasteiger partial charge in [-0.25, -0.2) is 0 Å². The first kappa shape index (κ1) is 15.7. The van der Waals surface area contributed by atoms with Crippen LogP contribution in [-0.4, -0.2) is 4.92 Å². The first-order chi connectivity index (χ1) is 11.2. The highest BCUT2D eigenvalue weighted by molar-refractivity contribution is 5.51. The fraction of sp³-hybridized carbons (Fsp3) is 0.400. The molecule has 0 fully saturated rings. The number of hydrogen-bond acceptors (Lipinski definition) is 2. The van der Waals surface area contributed by atoms with Gasteiger partial charge < -0.3 is 0 Å². The van der Waals surface area contributed by atoms with Gasteiger partial charge in [0.25, 0.3) is 6.04 Å². The second-order valence-corrected chi connectivity index (χ2v) is 6.35. The summed E-state index contributed by atoms with van der Waals surface area (Å²) in [6.07, 6.45) is 5.95. The molecule has 0 spiro atoms. The summed E-state index contributed by atoms with van der Waals surface area (Å²) >= 11 is 0. The van der Waals surface area contributed by atoms with Crippen molar-refractivity contribution in [2.75, 3.05) is 0 Å². The molecule has 0 N–H and O–H groups in total. The van der Waals surface area contributed by atoms with Crippen molar-refractivity contribution in [1.82, 2.24) is 0 Å². The van der Waals surface area contributed by atoms with Crippen LogP contribution in [0.2, 0.25) is 0 Å². The van der Waals surface area contributed by atoms with Gasteiger partial charge in [0.15, 0.2) is 0 Å². The molecule has 0 aromatic heterocycles. The third-order valence-electron chi connectivity index (χ3n) is 4.89. The summed E-state index contributed by atoms with van der Waals surface area (Å²) < 4.78 is 0. The van der Waals surface area contributed by atoms with E-state index in [9.17, 15) is 10.1 Å². The van der Waals surface area contributed by atoms with Crippen LogP contribution < -0.4 is 0 Å². The molecule has 0 bridgehead atoms. The predicted octanol–water partition coefficient (Wildman–Crippen LogP) is 5.47. The van der Waals surface area contributed by atoms with Gasteiger partial charge in [0, 0.05) is 22.0 Å². The summed E-state index contributed by atoms with van der Waals surface area (Å²) in [7, 11) is 0. The number of rotatable bonds is 6. The molecule has 3 nitrogen and oxygen atoms in total. The van der Waals surface area contributed by atoms with E-state index in [0.717, 1.165) is 28.7 Å². The molecule has 0 amide bonds. The van der Waals surface area contributed by atoms with Crippen LogP contribution in [-0.2, 0) is 0 Å². The predicted molar refractivity (Wildman–Crippen MR) is 92.3 cm³/mol. The lowest BCUT2D eigenvalue weighted by Crippen LogP contribution is -2.23. The zero-order valence-corrected chi connectivity index (χ0v) is 13.6. The Balaban J connectivity index is 2.01. The van der Waals surface area contributed by atoms with Crippen LogP contribution in [0, 0.1) is 10.1 Å². The normalized spacial score (nSPS) is 19.0. The lowest BCUT2D eigenvalue weighted by molar-refractivity contribution is -0.517. The van der Waals surface area contributed by atoms with E-state index in [1.54, 1.807) is 0 Å². The summed E-state index contributed by atoms with van der Waals surface area (Å²) in [6, 6.07) is 15.1. The van der Waals surface area contributed by atoms with Gasteiger partial charge in [0.1, 0.15) is 0 Å². The van der Waals surface area contributed by atoms with Gasteiger partial charge in [-0.1, -0.05) is 81.1 Å². The zero-order chi connectivity index (χ0) is 16.2. The standard InChI is InChI=1S/C20H23NO2/c1-2-3-4-5-10-15-16-11-6-8-13-18(16)20(21(22)23)19-14-9-7-12-17(15)19/h6-9,11-15,20H,2-5,10H2,1H3. The van der Waals surface area contributed by atoms with E-state index in [-0.39, 0.29) is 10.8 Å². The molecule has 0 heterocycles. The molecule has 0 saturated carbocycles. The molecule has 120 valence electrons. The van der Waals surface area contributed by atoms with Crippen LogP contribution >= 0.6 is 0 Å². The molecule has 1 aliphatic rings. The van der Waals surface area contributed by atoms with Crippen LogP contribution in [0.3, 0.4) is 0 Å². The smallest absolute Gasteiger partial charge is 0.263 e. The minimum absolute atomic E-state index is 0.148. The van der Waals surface area contributed by atoms with Crippen LogP contribution in [0.5, 0.6) is 0 Å². The highest BCUT2D eigenvalue weighted by Gasteiger charge is 2.37. The van der Waals surface area contributed by atoms with E-state index in [4.69, 9.17) is 0 Å². The molecular formula is C20H23NO2. The molecule has 0 atom stereocenters. The van der Waals surface area contributed by atoms with E-state index in [1.807, 2.05) is 36.4 Å². The van der Waals surface area contributed by atoms with E-state index in [0.29, 0.717) is 0 Å². The molecular weight excluding hydrogens is 286 g/mol. The maximum absolute atomic E-state index is 11.7. The van der Waals surface area contributed by atoms with Gasteiger partial charge in [-0.2, -0.15) is 0 Å². The Kier molecular flexibility index (Phi) is 4.75. The molecule has 2 aromatic carbocycles. The van der Waals surface area contributed by atoms with Crippen molar-refractivity contribution >= 4 is 0 Å². The molecule has 3 heteroatoms. The monoisotopic (exact) mass is 309 g/mol. The topological polar surface area (TPSA) is 43.1 Å². The number of unbranched alkanes of at least 4 members (excludes halogenated alkanes) is 3. The average Bonchev–Trinajstić information content (AvgIpc) is 2.57. The number of hydrogen-bond donors (Lipinski definition) is 0. The van der Waals surface area contributed by atoms with Crippen molar-refractivity contribution < 1.29 is 4.92 Å². The van der Waals surface area contributed by atoms with Gasteiger partial charge in [-0.05, 0) is 17.5 Å². The van der Waals surface area contributed by atoms with E-state index < -0.39 is 6.04 Å². The van der Waals surface area contributed by atoms with Gasteiger partial charge >= 0.3 is 0 Å². The van der Waals surface area contributed by atoms with E-state index >= 15 is 0 Å². The third kappa shape index (κ3) is 3.00. The van der Waals surface area contributed by atoms with Crippen molar-refractivity contribution in [2.45, 2.75) is 51.0 Å². The Labute approximate surface area is 137 Å². The maximum Gasteiger partial charge on any atom is 0.263 e. The molecule has 0 unspecified atom stereocenters. The first-order valence-corrected chi connectivity index (χ1v) is 8.55. The second kappa shape index (κ2) is 6.95. The summed E-state index contributed by atoms with van der Waals surface area (Å²) in [4.78, 5) is 11.5. The Morgan fingerprint density at radius 3 is 1.87 bits per heavy atom. The fourth-order valence-corrected chi connectivity index (χ4v) is 3.80. The second-order valence-electron chi connectivity index (χ2n) is 6.35. The largest absolute Gasteiger partial charge is 0.264 e. The van der Waals surface area contributed by atoms with Crippen molar-refractivity contribution in [2.24, 2.45) is 0 Å². The number of nitrogens with zero attached hydrogens (tertiary/aromatic N) is 1. The quantitative estimate of drug-likeness (QED) is 0.403. The zero-order valence-electron chi connectivity index (χ0n) is 13.6. The lowest BCUT2D eigenvalue weighted by Gasteiger charge is -2.30. The lowest BCUT2D eigenvalue weighted by atomic mass is 9.74. The Bertz CT molecular complexity index is 648.